The van der Waals surface area contributed by atoms with Gasteiger partial charge in [0, 0.05) is 30.1 Å². The predicted octanol–water partition coefficient (Wildman–Crippen LogP) is 4.54. The molecule has 0 spiro atoms. The number of nitrogens with one attached hydrogen (secondary N) is 1. The maximum Gasteiger partial charge on any atom is 0.0940 e. The monoisotopic (exact) mass is 302 g/mol. The van der Waals surface area contributed by atoms with Gasteiger partial charge >= 0.3 is 0 Å². The highest BCUT2D eigenvalue weighted by molar-refractivity contribution is 7.09. The van der Waals surface area contributed by atoms with E-state index in [2.05, 4.69) is 67.6 Å². The number of aromatic nitrogens is 1. The first-order valence-corrected chi connectivity index (χ1v) is 8.66. The SMILES string of the molecule is Cc1csc(CCNC(C)c2ccc(CC(C)C)cc2)n1. The summed E-state index contributed by atoms with van der Waals surface area (Å²) in [6.45, 7) is 9.78. The van der Waals surface area contributed by atoms with Crippen molar-refractivity contribution in [3.63, 3.8) is 0 Å². The third-order valence-electron chi connectivity index (χ3n) is 3.58. The summed E-state index contributed by atoms with van der Waals surface area (Å²) in [6, 6.07) is 9.42. The van der Waals surface area contributed by atoms with E-state index < -0.39 is 0 Å². The molecule has 114 valence electrons. The summed E-state index contributed by atoms with van der Waals surface area (Å²) in [5, 5.41) is 6.92. The summed E-state index contributed by atoms with van der Waals surface area (Å²) in [7, 11) is 0. The normalized spacial score (nSPS) is 12.8. The van der Waals surface area contributed by atoms with E-state index >= 15 is 0 Å². The summed E-state index contributed by atoms with van der Waals surface area (Å²) < 4.78 is 0. The van der Waals surface area contributed by atoms with Crippen LogP contribution in [0.2, 0.25) is 0 Å². The second kappa shape index (κ2) is 7.71. The van der Waals surface area contributed by atoms with Crippen molar-refractivity contribution in [2.24, 2.45) is 5.92 Å². The van der Waals surface area contributed by atoms with Crippen molar-refractivity contribution in [3.05, 3.63) is 51.5 Å². The van der Waals surface area contributed by atoms with Crippen LogP contribution in [-0.4, -0.2) is 11.5 Å². The molecule has 1 aromatic carbocycles. The molecule has 1 unspecified atom stereocenters. The van der Waals surface area contributed by atoms with Crippen molar-refractivity contribution in [1.29, 1.82) is 0 Å². The van der Waals surface area contributed by atoms with E-state index in [-0.39, 0.29) is 0 Å². The highest BCUT2D eigenvalue weighted by Crippen LogP contribution is 2.16. The van der Waals surface area contributed by atoms with Gasteiger partial charge in [-0.25, -0.2) is 4.98 Å². The molecule has 0 fully saturated rings. The van der Waals surface area contributed by atoms with Gasteiger partial charge in [0.05, 0.1) is 5.01 Å². The van der Waals surface area contributed by atoms with Crippen molar-refractivity contribution >= 4 is 11.3 Å². The zero-order chi connectivity index (χ0) is 15.2. The Morgan fingerprint density at radius 1 is 1.14 bits per heavy atom. The number of nitrogens with zero attached hydrogens (tertiary/aromatic N) is 1. The molecule has 0 saturated heterocycles. The van der Waals surface area contributed by atoms with E-state index in [0.717, 1.165) is 25.1 Å². The maximum absolute atomic E-state index is 4.50. The van der Waals surface area contributed by atoms with Crippen LogP contribution >= 0.6 is 11.3 Å². The second-order valence-electron chi connectivity index (χ2n) is 6.15. The molecule has 0 aliphatic heterocycles. The molecule has 0 bridgehead atoms. The minimum atomic E-state index is 0.388. The predicted molar refractivity (Wildman–Crippen MR) is 92.0 cm³/mol. The molecular weight excluding hydrogens is 276 g/mol. The number of rotatable bonds is 7. The summed E-state index contributed by atoms with van der Waals surface area (Å²) in [6.07, 6.45) is 2.17. The van der Waals surface area contributed by atoms with Gasteiger partial charge in [-0.2, -0.15) is 0 Å². The van der Waals surface area contributed by atoms with Crippen LogP contribution in [0, 0.1) is 12.8 Å². The Morgan fingerprint density at radius 3 is 2.43 bits per heavy atom. The Kier molecular flexibility index (Phi) is 5.95. The third-order valence-corrected chi connectivity index (χ3v) is 4.61. The average Bonchev–Trinajstić information content (AvgIpc) is 2.84. The molecule has 1 aromatic heterocycles. The van der Waals surface area contributed by atoms with Gasteiger partial charge in [-0.05, 0) is 37.3 Å². The Hall–Kier alpha value is -1.19. The highest BCUT2D eigenvalue weighted by Gasteiger charge is 2.06. The summed E-state index contributed by atoms with van der Waals surface area (Å²) in [4.78, 5) is 4.50. The lowest BCUT2D eigenvalue weighted by Gasteiger charge is -2.14. The van der Waals surface area contributed by atoms with E-state index in [1.165, 1.54) is 16.1 Å². The van der Waals surface area contributed by atoms with Gasteiger partial charge < -0.3 is 5.32 Å². The summed E-state index contributed by atoms with van der Waals surface area (Å²) in [5.41, 5.74) is 3.92. The Labute approximate surface area is 132 Å². The first-order valence-electron chi connectivity index (χ1n) is 7.78. The lowest BCUT2D eigenvalue weighted by Crippen LogP contribution is -2.21. The molecule has 0 radical (unpaired) electrons. The minimum absolute atomic E-state index is 0.388. The average molecular weight is 302 g/mol. The van der Waals surface area contributed by atoms with Crippen LogP contribution in [0.5, 0.6) is 0 Å². The fourth-order valence-electron chi connectivity index (χ4n) is 2.44. The molecule has 0 aliphatic rings. The van der Waals surface area contributed by atoms with Gasteiger partial charge in [0.15, 0.2) is 0 Å². The molecule has 0 aliphatic carbocycles. The molecule has 1 atom stereocenters. The van der Waals surface area contributed by atoms with Crippen LogP contribution in [0.4, 0.5) is 0 Å². The summed E-state index contributed by atoms with van der Waals surface area (Å²) in [5.74, 6) is 0.716. The lowest BCUT2D eigenvalue weighted by molar-refractivity contribution is 0.575. The zero-order valence-corrected chi connectivity index (χ0v) is 14.3. The maximum atomic E-state index is 4.50. The van der Waals surface area contributed by atoms with Crippen LogP contribution in [-0.2, 0) is 12.8 Å². The van der Waals surface area contributed by atoms with Crippen LogP contribution in [0.15, 0.2) is 29.6 Å². The largest absolute Gasteiger partial charge is 0.310 e. The van der Waals surface area contributed by atoms with Crippen LogP contribution < -0.4 is 5.32 Å². The Bertz CT molecular complexity index is 543. The minimum Gasteiger partial charge on any atom is -0.310 e. The third kappa shape index (κ3) is 5.25. The van der Waals surface area contributed by atoms with Crippen molar-refractivity contribution < 1.29 is 0 Å². The topological polar surface area (TPSA) is 24.9 Å². The van der Waals surface area contributed by atoms with Gasteiger partial charge in [-0.3, -0.25) is 0 Å². The van der Waals surface area contributed by atoms with Crippen molar-refractivity contribution in [1.82, 2.24) is 10.3 Å². The molecular formula is C18H26N2S. The number of aryl methyl sites for hydroxylation is 1. The van der Waals surface area contributed by atoms with Crippen molar-refractivity contribution in [2.45, 2.75) is 46.6 Å². The molecule has 3 heteroatoms. The van der Waals surface area contributed by atoms with Crippen molar-refractivity contribution in [3.8, 4) is 0 Å². The van der Waals surface area contributed by atoms with E-state index in [1.807, 2.05) is 0 Å². The number of hydrogen-bond acceptors (Lipinski definition) is 3. The standard InChI is InChI=1S/C18H26N2S/c1-13(2)11-16-5-7-17(8-6-16)15(4)19-10-9-18-20-14(3)12-21-18/h5-8,12-13,15,19H,9-11H2,1-4H3. The molecule has 2 aromatic rings. The quantitative estimate of drug-likeness (QED) is 0.812. The number of hydrogen-bond donors (Lipinski definition) is 1. The lowest BCUT2D eigenvalue weighted by atomic mass is 10.00. The molecule has 2 nitrogen and oxygen atoms in total. The van der Waals surface area contributed by atoms with E-state index in [1.54, 1.807) is 11.3 Å². The smallest absolute Gasteiger partial charge is 0.0940 e. The van der Waals surface area contributed by atoms with Crippen LogP contribution in [0.3, 0.4) is 0 Å². The highest BCUT2D eigenvalue weighted by atomic mass is 32.1. The summed E-state index contributed by atoms with van der Waals surface area (Å²) >= 11 is 1.75. The second-order valence-corrected chi connectivity index (χ2v) is 7.09. The fourth-order valence-corrected chi connectivity index (χ4v) is 3.22. The van der Waals surface area contributed by atoms with E-state index in [4.69, 9.17) is 0 Å². The molecule has 0 amide bonds. The van der Waals surface area contributed by atoms with Gasteiger partial charge in [0.2, 0.25) is 0 Å². The molecule has 2 rings (SSSR count). The fraction of sp³-hybridized carbons (Fsp3) is 0.500. The molecule has 21 heavy (non-hydrogen) atoms. The number of thiazole rings is 1. The number of benzene rings is 1. The Morgan fingerprint density at radius 2 is 1.86 bits per heavy atom. The van der Waals surface area contributed by atoms with E-state index in [0.29, 0.717) is 12.0 Å². The van der Waals surface area contributed by atoms with Crippen LogP contribution in [0.25, 0.3) is 0 Å². The zero-order valence-electron chi connectivity index (χ0n) is 13.5. The molecule has 1 N–H and O–H groups in total. The van der Waals surface area contributed by atoms with E-state index in [9.17, 15) is 0 Å². The van der Waals surface area contributed by atoms with Crippen molar-refractivity contribution in [2.75, 3.05) is 6.54 Å². The van der Waals surface area contributed by atoms with Crippen LogP contribution in [0.1, 0.15) is 48.6 Å². The molecule has 1 heterocycles. The van der Waals surface area contributed by atoms with Gasteiger partial charge in [-0.15, -0.1) is 11.3 Å². The van der Waals surface area contributed by atoms with Gasteiger partial charge in [0.25, 0.3) is 0 Å². The first kappa shape index (κ1) is 16.2. The first-order chi connectivity index (χ1) is 10.0. The van der Waals surface area contributed by atoms with Gasteiger partial charge in [-0.1, -0.05) is 38.1 Å². The van der Waals surface area contributed by atoms with Gasteiger partial charge in [0.1, 0.15) is 0 Å². The Balaban J connectivity index is 1.81. The molecule has 0 saturated carbocycles.